The van der Waals surface area contributed by atoms with Gasteiger partial charge in [-0.1, -0.05) is 26.0 Å². The highest BCUT2D eigenvalue weighted by Gasteiger charge is 2.19. The molecule has 1 aromatic heterocycles. The Hall–Kier alpha value is -1.77. The highest BCUT2D eigenvalue weighted by Crippen LogP contribution is 2.29. The number of pyridine rings is 1. The lowest BCUT2D eigenvalue weighted by molar-refractivity contribution is 0.479. The predicted molar refractivity (Wildman–Crippen MR) is 78.8 cm³/mol. The summed E-state index contributed by atoms with van der Waals surface area (Å²) < 4.78 is 0. The number of nitrogens with zero attached hydrogens (tertiary/aromatic N) is 1. The van der Waals surface area contributed by atoms with E-state index in [1.165, 1.54) is 0 Å². The third kappa shape index (κ3) is 2.26. The molecule has 0 aliphatic heterocycles. The predicted octanol–water partition coefficient (Wildman–Crippen LogP) is 3.81. The van der Waals surface area contributed by atoms with Crippen molar-refractivity contribution in [1.29, 1.82) is 0 Å². The molecule has 0 aliphatic rings. The zero-order valence-corrected chi connectivity index (χ0v) is 11.3. The maximum absolute atomic E-state index is 5.96. The highest BCUT2D eigenvalue weighted by molar-refractivity contribution is 5.97. The highest BCUT2D eigenvalue weighted by atomic mass is 15.0. The average molecular weight is 243 g/mol. The van der Waals surface area contributed by atoms with Crippen LogP contribution in [-0.2, 0) is 0 Å². The number of aromatic nitrogens is 1. The zero-order valence-electron chi connectivity index (χ0n) is 11.3. The standard InChI is InChI=1S/C15H21N3/c1-4-15(3,5-2)18-13-9-10-17-14-11(13)7-6-8-12(14)16/h6-10H,4-5,16H2,1-3H3,(H,17,18). The van der Waals surface area contributed by atoms with Gasteiger partial charge in [0.15, 0.2) is 0 Å². The minimum atomic E-state index is 0.110. The van der Waals surface area contributed by atoms with Gasteiger partial charge in [-0.3, -0.25) is 4.98 Å². The van der Waals surface area contributed by atoms with E-state index in [1.54, 1.807) is 0 Å². The van der Waals surface area contributed by atoms with Gasteiger partial charge in [-0.25, -0.2) is 0 Å². The van der Waals surface area contributed by atoms with Gasteiger partial charge in [0, 0.05) is 22.8 Å². The van der Waals surface area contributed by atoms with E-state index >= 15 is 0 Å². The molecule has 96 valence electrons. The molecular weight excluding hydrogens is 222 g/mol. The number of anilines is 2. The Morgan fingerprint density at radius 1 is 1.22 bits per heavy atom. The number of nitrogen functional groups attached to an aromatic ring is 1. The molecule has 0 spiro atoms. The van der Waals surface area contributed by atoms with E-state index in [4.69, 9.17) is 5.73 Å². The van der Waals surface area contributed by atoms with Gasteiger partial charge in [0.2, 0.25) is 0 Å². The largest absolute Gasteiger partial charge is 0.397 e. The Morgan fingerprint density at radius 2 is 1.94 bits per heavy atom. The van der Waals surface area contributed by atoms with Crippen LogP contribution in [0.5, 0.6) is 0 Å². The van der Waals surface area contributed by atoms with E-state index in [0.717, 1.165) is 35.1 Å². The summed E-state index contributed by atoms with van der Waals surface area (Å²) in [5.41, 5.74) is 8.78. The van der Waals surface area contributed by atoms with Crippen molar-refractivity contribution < 1.29 is 0 Å². The van der Waals surface area contributed by atoms with Gasteiger partial charge in [0.05, 0.1) is 11.2 Å². The fourth-order valence-electron chi connectivity index (χ4n) is 2.06. The Morgan fingerprint density at radius 3 is 2.61 bits per heavy atom. The molecule has 0 unspecified atom stereocenters. The first kappa shape index (κ1) is 12.7. The van der Waals surface area contributed by atoms with Crippen molar-refractivity contribution in [1.82, 2.24) is 4.98 Å². The third-order valence-corrected chi connectivity index (χ3v) is 3.80. The first-order valence-electron chi connectivity index (χ1n) is 6.51. The van der Waals surface area contributed by atoms with E-state index in [9.17, 15) is 0 Å². The molecule has 18 heavy (non-hydrogen) atoms. The second-order valence-electron chi connectivity index (χ2n) is 4.99. The van der Waals surface area contributed by atoms with Gasteiger partial charge in [-0.2, -0.15) is 0 Å². The van der Waals surface area contributed by atoms with E-state index in [2.05, 4.69) is 37.1 Å². The van der Waals surface area contributed by atoms with E-state index in [-0.39, 0.29) is 5.54 Å². The van der Waals surface area contributed by atoms with Crippen molar-refractivity contribution in [2.45, 2.75) is 39.2 Å². The van der Waals surface area contributed by atoms with Crippen molar-refractivity contribution in [2.75, 3.05) is 11.1 Å². The summed E-state index contributed by atoms with van der Waals surface area (Å²) in [5, 5.41) is 4.72. The molecule has 0 aliphatic carbocycles. The number of nitrogens with two attached hydrogens (primary N) is 1. The lowest BCUT2D eigenvalue weighted by atomic mass is 9.95. The number of fused-ring (bicyclic) bond motifs is 1. The number of hydrogen-bond donors (Lipinski definition) is 2. The number of nitrogens with one attached hydrogen (secondary N) is 1. The molecule has 2 rings (SSSR count). The number of hydrogen-bond acceptors (Lipinski definition) is 3. The first-order chi connectivity index (χ1) is 8.59. The fraction of sp³-hybridized carbons (Fsp3) is 0.400. The second kappa shape index (κ2) is 4.84. The number of benzene rings is 1. The number of rotatable bonds is 4. The lowest BCUT2D eigenvalue weighted by Crippen LogP contribution is -2.33. The van der Waals surface area contributed by atoms with Crippen LogP contribution >= 0.6 is 0 Å². The minimum absolute atomic E-state index is 0.110. The molecule has 2 aromatic rings. The normalized spacial score (nSPS) is 11.7. The molecule has 1 aromatic carbocycles. The summed E-state index contributed by atoms with van der Waals surface area (Å²) in [5.74, 6) is 0. The second-order valence-corrected chi connectivity index (χ2v) is 4.99. The van der Waals surface area contributed by atoms with E-state index in [1.807, 2.05) is 24.4 Å². The number of para-hydroxylation sites is 1. The van der Waals surface area contributed by atoms with Crippen molar-refractivity contribution in [3.8, 4) is 0 Å². The summed E-state index contributed by atoms with van der Waals surface area (Å²) in [6.07, 6.45) is 3.97. The van der Waals surface area contributed by atoms with Gasteiger partial charge >= 0.3 is 0 Å². The zero-order chi connectivity index (χ0) is 13.2. The smallest absolute Gasteiger partial charge is 0.0951 e. The average Bonchev–Trinajstić information content (AvgIpc) is 2.40. The van der Waals surface area contributed by atoms with Gasteiger partial charge in [0.25, 0.3) is 0 Å². The maximum atomic E-state index is 5.96. The van der Waals surface area contributed by atoms with E-state index in [0.29, 0.717) is 0 Å². The van der Waals surface area contributed by atoms with Crippen LogP contribution < -0.4 is 11.1 Å². The van der Waals surface area contributed by atoms with Crippen LogP contribution in [0.1, 0.15) is 33.6 Å². The molecule has 0 saturated carbocycles. The van der Waals surface area contributed by atoms with Crippen molar-refractivity contribution in [2.24, 2.45) is 0 Å². The molecule has 0 radical (unpaired) electrons. The molecule has 3 heteroatoms. The summed E-state index contributed by atoms with van der Waals surface area (Å²) >= 11 is 0. The monoisotopic (exact) mass is 243 g/mol. The Labute approximate surface area is 108 Å². The quantitative estimate of drug-likeness (QED) is 0.803. The molecule has 0 fully saturated rings. The summed E-state index contributed by atoms with van der Waals surface area (Å²) in [7, 11) is 0. The molecule has 0 amide bonds. The Bertz CT molecular complexity index is 544. The summed E-state index contributed by atoms with van der Waals surface area (Å²) in [6.45, 7) is 6.65. The molecular formula is C15H21N3. The van der Waals surface area contributed by atoms with Crippen molar-refractivity contribution in [3.05, 3.63) is 30.5 Å². The topological polar surface area (TPSA) is 50.9 Å². The van der Waals surface area contributed by atoms with Crippen molar-refractivity contribution >= 4 is 22.3 Å². The summed E-state index contributed by atoms with van der Waals surface area (Å²) in [6, 6.07) is 7.94. The van der Waals surface area contributed by atoms with Gasteiger partial charge in [-0.05, 0) is 31.9 Å². The van der Waals surface area contributed by atoms with Crippen LogP contribution in [0.4, 0.5) is 11.4 Å². The third-order valence-electron chi connectivity index (χ3n) is 3.80. The Kier molecular flexibility index (Phi) is 3.41. The van der Waals surface area contributed by atoms with Crippen LogP contribution in [0, 0.1) is 0 Å². The molecule has 3 N–H and O–H groups in total. The molecule has 0 atom stereocenters. The SMILES string of the molecule is CCC(C)(CC)Nc1ccnc2c(N)cccc12. The Balaban J connectivity index is 2.49. The van der Waals surface area contributed by atoms with Gasteiger partial charge in [0.1, 0.15) is 0 Å². The maximum Gasteiger partial charge on any atom is 0.0951 e. The van der Waals surface area contributed by atoms with Gasteiger partial charge < -0.3 is 11.1 Å². The summed E-state index contributed by atoms with van der Waals surface area (Å²) in [4.78, 5) is 4.36. The van der Waals surface area contributed by atoms with Crippen LogP contribution in [-0.4, -0.2) is 10.5 Å². The molecule has 1 heterocycles. The molecule has 0 bridgehead atoms. The van der Waals surface area contributed by atoms with Crippen LogP contribution in [0.25, 0.3) is 10.9 Å². The molecule has 3 nitrogen and oxygen atoms in total. The van der Waals surface area contributed by atoms with Crippen LogP contribution in [0.3, 0.4) is 0 Å². The van der Waals surface area contributed by atoms with Crippen LogP contribution in [0.2, 0.25) is 0 Å². The lowest BCUT2D eigenvalue weighted by Gasteiger charge is -2.30. The van der Waals surface area contributed by atoms with E-state index < -0.39 is 0 Å². The first-order valence-corrected chi connectivity index (χ1v) is 6.51. The minimum Gasteiger partial charge on any atom is -0.397 e. The molecule has 0 saturated heterocycles. The van der Waals surface area contributed by atoms with Crippen LogP contribution in [0.15, 0.2) is 30.5 Å². The fourth-order valence-corrected chi connectivity index (χ4v) is 2.06. The van der Waals surface area contributed by atoms with Crippen molar-refractivity contribution in [3.63, 3.8) is 0 Å². The van der Waals surface area contributed by atoms with Gasteiger partial charge in [-0.15, -0.1) is 0 Å².